The van der Waals surface area contributed by atoms with Crippen LogP contribution in [0.15, 0.2) is 47.4 Å². The molecule has 2 rings (SSSR count). The molecule has 0 bridgehead atoms. The fraction of sp³-hybridized carbons (Fsp3) is 0.278. The van der Waals surface area contributed by atoms with Gasteiger partial charge in [0.2, 0.25) is 0 Å². The Morgan fingerprint density at radius 3 is 2.48 bits per heavy atom. The number of hydrogen-bond acceptors (Lipinski definition) is 5. The molecule has 0 heterocycles. The van der Waals surface area contributed by atoms with Crippen LogP contribution in [0.1, 0.15) is 18.6 Å². The van der Waals surface area contributed by atoms with E-state index in [9.17, 15) is 22.7 Å². The minimum Gasteiger partial charge on any atom is -0.497 e. The molecule has 146 valence electrons. The summed E-state index contributed by atoms with van der Waals surface area (Å²) < 4.78 is 42.6. The first kappa shape index (κ1) is 20.7. The van der Waals surface area contributed by atoms with Crippen LogP contribution in [0.3, 0.4) is 0 Å². The van der Waals surface area contributed by atoms with Gasteiger partial charge in [-0.05, 0) is 35.9 Å². The molecule has 0 saturated heterocycles. The van der Waals surface area contributed by atoms with E-state index < -0.39 is 27.8 Å². The Morgan fingerprint density at radius 1 is 1.22 bits per heavy atom. The van der Waals surface area contributed by atoms with E-state index in [-0.39, 0.29) is 22.9 Å². The van der Waals surface area contributed by atoms with E-state index in [4.69, 9.17) is 4.74 Å². The van der Waals surface area contributed by atoms with Crippen molar-refractivity contribution in [1.29, 1.82) is 0 Å². The summed E-state index contributed by atoms with van der Waals surface area (Å²) >= 11 is 0. The average Bonchev–Trinajstić information content (AvgIpc) is 2.67. The van der Waals surface area contributed by atoms with Gasteiger partial charge in [0.15, 0.2) is 9.84 Å². The molecule has 0 spiro atoms. The van der Waals surface area contributed by atoms with Gasteiger partial charge in [-0.1, -0.05) is 19.1 Å². The second-order valence-corrected chi connectivity index (χ2v) is 7.91. The van der Waals surface area contributed by atoms with Crippen molar-refractivity contribution in [1.82, 2.24) is 5.32 Å². The van der Waals surface area contributed by atoms with E-state index in [1.165, 1.54) is 20.1 Å². The number of nitrogens with one attached hydrogen (secondary N) is 2. The molecule has 27 heavy (non-hydrogen) atoms. The van der Waals surface area contributed by atoms with Gasteiger partial charge in [0.1, 0.15) is 11.6 Å². The molecule has 0 unspecified atom stereocenters. The van der Waals surface area contributed by atoms with E-state index in [1.54, 1.807) is 24.3 Å². The third-order valence-corrected chi connectivity index (χ3v) is 5.63. The zero-order valence-corrected chi connectivity index (χ0v) is 15.7. The number of amides is 2. The van der Waals surface area contributed by atoms with Crippen LogP contribution in [0, 0.1) is 5.82 Å². The number of aliphatic hydroxyl groups is 1. The molecular formula is C18H21FN2O5S. The minimum absolute atomic E-state index is 0.0327. The van der Waals surface area contributed by atoms with Crippen molar-refractivity contribution < 1.29 is 27.4 Å². The molecule has 0 fully saturated rings. The Balaban J connectivity index is 2.03. The van der Waals surface area contributed by atoms with Gasteiger partial charge < -0.3 is 20.5 Å². The summed E-state index contributed by atoms with van der Waals surface area (Å²) in [4.78, 5) is 11.8. The Morgan fingerprint density at radius 2 is 1.89 bits per heavy atom. The van der Waals surface area contributed by atoms with Crippen molar-refractivity contribution in [3.8, 4) is 5.75 Å². The molecule has 0 aliphatic heterocycles. The second kappa shape index (κ2) is 8.83. The molecule has 1 atom stereocenters. The molecule has 3 N–H and O–H groups in total. The van der Waals surface area contributed by atoms with Crippen LogP contribution in [-0.4, -0.2) is 39.0 Å². The van der Waals surface area contributed by atoms with Gasteiger partial charge in [0.25, 0.3) is 0 Å². The lowest BCUT2D eigenvalue weighted by Gasteiger charge is -2.15. The van der Waals surface area contributed by atoms with Gasteiger partial charge in [-0.2, -0.15) is 0 Å². The predicted molar refractivity (Wildman–Crippen MR) is 99.1 cm³/mol. The Kier molecular flexibility index (Phi) is 6.75. The Labute approximate surface area is 157 Å². The van der Waals surface area contributed by atoms with Gasteiger partial charge in [-0.3, -0.25) is 0 Å². The monoisotopic (exact) mass is 396 g/mol. The number of aliphatic hydroxyl groups excluding tert-OH is 1. The third-order valence-electron chi connectivity index (χ3n) is 3.86. The maximum Gasteiger partial charge on any atom is 0.319 e. The first-order valence-corrected chi connectivity index (χ1v) is 9.81. The Hall–Kier alpha value is -2.65. The first-order valence-electron chi connectivity index (χ1n) is 8.16. The highest BCUT2D eigenvalue weighted by atomic mass is 32.2. The largest absolute Gasteiger partial charge is 0.497 e. The topological polar surface area (TPSA) is 105 Å². The lowest BCUT2D eigenvalue weighted by molar-refractivity contribution is 0.175. The molecule has 9 heteroatoms. The number of methoxy groups -OCH3 is 1. The number of halogens is 1. The normalized spacial score (nSPS) is 12.3. The molecule has 2 amide bonds. The summed E-state index contributed by atoms with van der Waals surface area (Å²) in [6, 6.07) is 9.05. The molecule has 0 saturated carbocycles. The summed E-state index contributed by atoms with van der Waals surface area (Å²) in [5, 5.41) is 15.0. The maximum absolute atomic E-state index is 13.4. The van der Waals surface area contributed by atoms with Crippen molar-refractivity contribution in [2.75, 3.05) is 24.7 Å². The second-order valence-electron chi connectivity index (χ2n) is 5.67. The van der Waals surface area contributed by atoms with Gasteiger partial charge in [0.05, 0.1) is 29.5 Å². The van der Waals surface area contributed by atoms with E-state index in [1.807, 2.05) is 0 Å². The Bertz CT molecular complexity index is 900. The first-order chi connectivity index (χ1) is 12.8. The smallest absolute Gasteiger partial charge is 0.319 e. The standard InChI is InChI=1S/C18H21FN2O5S/c1-3-27(24,25)17-10-13(19)6-9-15(17)21-18(23)20-11-16(22)12-4-7-14(26-2)8-5-12/h4-10,16,22H,3,11H2,1-2H3,(H2,20,21,23)/t16-/m1/s1. The average molecular weight is 396 g/mol. The zero-order valence-electron chi connectivity index (χ0n) is 14.9. The summed E-state index contributed by atoms with van der Waals surface area (Å²) in [6.07, 6.45) is -0.964. The highest BCUT2D eigenvalue weighted by Crippen LogP contribution is 2.23. The molecule has 0 aliphatic carbocycles. The highest BCUT2D eigenvalue weighted by molar-refractivity contribution is 7.91. The molecule has 2 aromatic carbocycles. The van der Waals surface area contributed by atoms with Crippen molar-refractivity contribution in [2.45, 2.75) is 17.9 Å². The quantitative estimate of drug-likeness (QED) is 0.667. The number of carbonyl (C=O) groups excluding carboxylic acids is 1. The lowest BCUT2D eigenvalue weighted by Crippen LogP contribution is -2.32. The van der Waals surface area contributed by atoms with Crippen LogP contribution in [0.4, 0.5) is 14.9 Å². The van der Waals surface area contributed by atoms with E-state index in [2.05, 4.69) is 10.6 Å². The summed E-state index contributed by atoms with van der Waals surface area (Å²) in [6.45, 7) is 1.32. The fourth-order valence-corrected chi connectivity index (χ4v) is 3.37. The predicted octanol–water partition coefficient (Wildman–Crippen LogP) is 2.48. The van der Waals surface area contributed by atoms with Crippen LogP contribution < -0.4 is 15.4 Å². The third kappa shape index (κ3) is 5.41. The van der Waals surface area contributed by atoms with E-state index in [0.717, 1.165) is 12.1 Å². The van der Waals surface area contributed by atoms with Gasteiger partial charge in [0, 0.05) is 6.54 Å². The molecule has 2 aromatic rings. The van der Waals surface area contributed by atoms with Gasteiger partial charge >= 0.3 is 6.03 Å². The lowest BCUT2D eigenvalue weighted by atomic mass is 10.1. The van der Waals surface area contributed by atoms with Crippen LogP contribution in [0.25, 0.3) is 0 Å². The van der Waals surface area contributed by atoms with Gasteiger partial charge in [-0.15, -0.1) is 0 Å². The van der Waals surface area contributed by atoms with Crippen molar-refractivity contribution in [3.05, 3.63) is 53.8 Å². The minimum atomic E-state index is -3.72. The molecule has 0 aromatic heterocycles. The maximum atomic E-state index is 13.4. The number of anilines is 1. The van der Waals surface area contributed by atoms with Gasteiger partial charge in [-0.25, -0.2) is 17.6 Å². The molecule has 7 nitrogen and oxygen atoms in total. The van der Waals surface area contributed by atoms with Crippen molar-refractivity contribution in [3.63, 3.8) is 0 Å². The number of rotatable bonds is 7. The number of hydrogen-bond donors (Lipinski definition) is 3. The molecular weight excluding hydrogens is 375 g/mol. The summed E-state index contributed by atoms with van der Waals surface area (Å²) in [5.41, 5.74) is 0.543. The number of sulfone groups is 1. The van der Waals surface area contributed by atoms with Crippen LogP contribution in [0.2, 0.25) is 0 Å². The van der Waals surface area contributed by atoms with Crippen LogP contribution in [0.5, 0.6) is 5.75 Å². The number of ether oxygens (including phenoxy) is 1. The zero-order chi connectivity index (χ0) is 20.0. The number of urea groups is 1. The van der Waals surface area contributed by atoms with Crippen LogP contribution >= 0.6 is 0 Å². The van der Waals surface area contributed by atoms with Crippen molar-refractivity contribution >= 4 is 21.6 Å². The summed E-state index contributed by atoms with van der Waals surface area (Å²) in [7, 11) is -2.19. The van der Waals surface area contributed by atoms with E-state index in [0.29, 0.717) is 11.3 Å². The number of benzene rings is 2. The van der Waals surface area contributed by atoms with Crippen molar-refractivity contribution in [2.24, 2.45) is 0 Å². The highest BCUT2D eigenvalue weighted by Gasteiger charge is 2.19. The number of carbonyl (C=O) groups is 1. The fourth-order valence-electron chi connectivity index (χ4n) is 2.31. The SMILES string of the molecule is CCS(=O)(=O)c1cc(F)ccc1NC(=O)NC[C@@H](O)c1ccc(OC)cc1. The van der Waals surface area contributed by atoms with Crippen LogP contribution in [-0.2, 0) is 9.84 Å². The molecule has 0 radical (unpaired) electrons. The summed E-state index contributed by atoms with van der Waals surface area (Å²) in [5.74, 6) is -0.316. The molecule has 0 aliphatic rings. The van der Waals surface area contributed by atoms with E-state index >= 15 is 0 Å².